The normalized spacial score (nSPS) is 19.4. The number of aliphatic hydroxyl groups excluding tert-OH is 1. The standard InChI is InChI=1S/C20H34O5/c1-2-3-4-5-6-7-11-16-13-10-14-17(16)12-8-9-15-18(21)20(24,25)19(22)23/h7,11,13,17-18,21,24-25H,2-6,8-10,12,14-15H2,1H3,(H,22,23)/b11-7+/t17-,18?/m0/s1. The maximum absolute atomic E-state index is 10.7. The van der Waals surface area contributed by atoms with Crippen LogP contribution < -0.4 is 0 Å². The number of unbranched alkanes of at least 4 members (excludes halogenated alkanes) is 5. The highest BCUT2D eigenvalue weighted by molar-refractivity contribution is 5.75. The molecule has 0 bridgehead atoms. The van der Waals surface area contributed by atoms with E-state index in [1.165, 1.54) is 31.3 Å². The van der Waals surface area contributed by atoms with Gasteiger partial charge < -0.3 is 20.4 Å². The zero-order valence-electron chi connectivity index (χ0n) is 15.4. The number of carboxylic acids is 1. The highest BCUT2D eigenvalue weighted by Gasteiger charge is 2.41. The maximum atomic E-state index is 10.7. The molecule has 2 atom stereocenters. The molecule has 5 nitrogen and oxygen atoms in total. The first-order valence-corrected chi connectivity index (χ1v) is 9.62. The van der Waals surface area contributed by atoms with Crippen LogP contribution in [0.3, 0.4) is 0 Å². The van der Waals surface area contributed by atoms with Crippen LogP contribution in [0.2, 0.25) is 0 Å². The van der Waals surface area contributed by atoms with Crippen molar-refractivity contribution in [2.75, 3.05) is 0 Å². The molecular weight excluding hydrogens is 320 g/mol. The topological polar surface area (TPSA) is 98.0 Å². The summed E-state index contributed by atoms with van der Waals surface area (Å²) >= 11 is 0. The first-order chi connectivity index (χ1) is 11.9. The summed E-state index contributed by atoms with van der Waals surface area (Å²) in [7, 11) is 0. The van der Waals surface area contributed by atoms with Crippen molar-refractivity contribution in [1.29, 1.82) is 0 Å². The van der Waals surface area contributed by atoms with Crippen molar-refractivity contribution in [3.05, 3.63) is 23.8 Å². The summed E-state index contributed by atoms with van der Waals surface area (Å²) in [6, 6.07) is 0. The van der Waals surface area contributed by atoms with Gasteiger partial charge in [0.2, 0.25) is 0 Å². The van der Waals surface area contributed by atoms with Crippen molar-refractivity contribution in [1.82, 2.24) is 0 Å². The quantitative estimate of drug-likeness (QED) is 0.300. The minimum Gasteiger partial charge on any atom is -0.477 e. The van der Waals surface area contributed by atoms with Gasteiger partial charge in [0.05, 0.1) is 0 Å². The molecule has 0 amide bonds. The molecule has 0 heterocycles. The molecular formula is C20H34O5. The van der Waals surface area contributed by atoms with E-state index in [4.69, 9.17) is 5.11 Å². The lowest BCUT2D eigenvalue weighted by Gasteiger charge is -2.22. The van der Waals surface area contributed by atoms with Crippen LogP contribution >= 0.6 is 0 Å². The summed E-state index contributed by atoms with van der Waals surface area (Å²) in [5, 5.41) is 36.8. The Morgan fingerprint density at radius 2 is 2.04 bits per heavy atom. The number of carbonyl (C=O) groups is 1. The third-order valence-corrected chi connectivity index (χ3v) is 4.96. The fourth-order valence-corrected chi connectivity index (χ4v) is 3.28. The average molecular weight is 354 g/mol. The molecule has 25 heavy (non-hydrogen) atoms. The van der Waals surface area contributed by atoms with Crippen LogP contribution in [-0.2, 0) is 4.79 Å². The molecule has 0 aromatic carbocycles. The summed E-state index contributed by atoms with van der Waals surface area (Å²) in [4.78, 5) is 10.7. The van der Waals surface area contributed by atoms with Crippen molar-refractivity contribution >= 4 is 5.97 Å². The number of carboxylic acid groups (broad SMARTS) is 1. The Morgan fingerprint density at radius 1 is 1.28 bits per heavy atom. The van der Waals surface area contributed by atoms with Crippen LogP contribution in [0.5, 0.6) is 0 Å². The Kier molecular flexibility index (Phi) is 10.0. The number of hydrogen-bond acceptors (Lipinski definition) is 4. The lowest BCUT2D eigenvalue weighted by atomic mass is 9.93. The van der Waals surface area contributed by atoms with Gasteiger partial charge in [-0.25, -0.2) is 4.79 Å². The Balaban J connectivity index is 2.25. The van der Waals surface area contributed by atoms with E-state index in [0.717, 1.165) is 32.1 Å². The molecule has 0 spiro atoms. The number of aliphatic carboxylic acids is 1. The molecule has 1 unspecified atom stereocenters. The second-order valence-corrected chi connectivity index (χ2v) is 7.06. The first kappa shape index (κ1) is 21.9. The van der Waals surface area contributed by atoms with E-state index in [1.54, 1.807) is 0 Å². The summed E-state index contributed by atoms with van der Waals surface area (Å²) in [5.41, 5.74) is 1.39. The molecule has 1 aliphatic carbocycles. The van der Waals surface area contributed by atoms with E-state index in [0.29, 0.717) is 12.3 Å². The molecule has 0 aliphatic heterocycles. The lowest BCUT2D eigenvalue weighted by Crippen LogP contribution is -2.49. The predicted molar refractivity (Wildman–Crippen MR) is 98.0 cm³/mol. The second kappa shape index (κ2) is 11.4. The fraction of sp³-hybridized carbons (Fsp3) is 0.750. The van der Waals surface area contributed by atoms with E-state index in [2.05, 4.69) is 25.2 Å². The van der Waals surface area contributed by atoms with Crippen LogP contribution in [-0.4, -0.2) is 38.3 Å². The third kappa shape index (κ3) is 7.72. The van der Waals surface area contributed by atoms with Crippen LogP contribution in [0.4, 0.5) is 0 Å². The molecule has 1 rings (SSSR count). The van der Waals surface area contributed by atoms with Crippen LogP contribution in [0.25, 0.3) is 0 Å². The molecule has 5 heteroatoms. The minimum absolute atomic E-state index is 0.0678. The maximum Gasteiger partial charge on any atom is 0.366 e. The van der Waals surface area contributed by atoms with Crippen LogP contribution in [0.1, 0.15) is 77.6 Å². The molecule has 144 valence electrons. The van der Waals surface area contributed by atoms with Gasteiger partial charge in [0.25, 0.3) is 5.79 Å². The molecule has 1 aliphatic rings. The van der Waals surface area contributed by atoms with Crippen molar-refractivity contribution in [2.24, 2.45) is 5.92 Å². The van der Waals surface area contributed by atoms with Gasteiger partial charge in [0, 0.05) is 0 Å². The van der Waals surface area contributed by atoms with Gasteiger partial charge in [-0.2, -0.15) is 0 Å². The summed E-state index contributed by atoms with van der Waals surface area (Å²) in [5.74, 6) is -4.35. The highest BCUT2D eigenvalue weighted by Crippen LogP contribution is 2.31. The van der Waals surface area contributed by atoms with Crippen molar-refractivity contribution < 1.29 is 25.2 Å². The molecule has 0 saturated carbocycles. The van der Waals surface area contributed by atoms with E-state index in [9.17, 15) is 20.1 Å². The van der Waals surface area contributed by atoms with Gasteiger partial charge in [-0.3, -0.25) is 0 Å². The predicted octanol–water partition coefficient (Wildman–Crippen LogP) is 3.54. The summed E-state index contributed by atoms with van der Waals surface area (Å²) in [6.07, 6.45) is 16.0. The smallest absolute Gasteiger partial charge is 0.366 e. The second-order valence-electron chi connectivity index (χ2n) is 7.06. The lowest BCUT2D eigenvalue weighted by molar-refractivity contribution is -0.237. The van der Waals surface area contributed by atoms with Gasteiger partial charge >= 0.3 is 5.97 Å². The van der Waals surface area contributed by atoms with E-state index < -0.39 is 17.9 Å². The van der Waals surface area contributed by atoms with E-state index in [-0.39, 0.29) is 6.42 Å². The van der Waals surface area contributed by atoms with Crippen LogP contribution in [0.15, 0.2) is 23.8 Å². The Labute approximate surface area is 151 Å². The molecule has 0 aromatic rings. The molecule has 0 aromatic heterocycles. The number of hydrogen-bond donors (Lipinski definition) is 4. The van der Waals surface area contributed by atoms with Crippen LogP contribution in [0, 0.1) is 5.92 Å². The van der Waals surface area contributed by atoms with Crippen molar-refractivity contribution in [3.63, 3.8) is 0 Å². The van der Waals surface area contributed by atoms with Gasteiger partial charge in [0.1, 0.15) is 6.10 Å². The number of allylic oxidation sites excluding steroid dienone is 4. The molecule has 0 saturated heterocycles. The minimum atomic E-state index is -3.06. The van der Waals surface area contributed by atoms with Crippen molar-refractivity contribution in [2.45, 2.75) is 89.4 Å². The zero-order chi connectivity index (χ0) is 18.7. The van der Waals surface area contributed by atoms with Crippen molar-refractivity contribution in [3.8, 4) is 0 Å². The van der Waals surface area contributed by atoms with Gasteiger partial charge in [-0.15, -0.1) is 0 Å². The van der Waals surface area contributed by atoms with E-state index in [1.807, 2.05) is 0 Å². The largest absolute Gasteiger partial charge is 0.477 e. The Hall–Kier alpha value is -1.17. The number of rotatable bonds is 13. The average Bonchev–Trinajstić information content (AvgIpc) is 3.01. The monoisotopic (exact) mass is 354 g/mol. The molecule has 4 N–H and O–H groups in total. The third-order valence-electron chi connectivity index (χ3n) is 4.96. The Morgan fingerprint density at radius 3 is 2.72 bits per heavy atom. The van der Waals surface area contributed by atoms with Gasteiger partial charge in [-0.05, 0) is 50.0 Å². The fourth-order valence-electron chi connectivity index (χ4n) is 3.28. The first-order valence-electron chi connectivity index (χ1n) is 9.62. The van der Waals surface area contributed by atoms with Gasteiger partial charge in [0.15, 0.2) is 0 Å². The van der Waals surface area contributed by atoms with Gasteiger partial charge in [-0.1, -0.05) is 57.3 Å². The SMILES string of the molecule is CCCCCC/C=C/C1=CCC[C@@H]1CCCCC(O)C(O)(O)C(=O)O. The zero-order valence-corrected chi connectivity index (χ0v) is 15.4. The number of aliphatic hydroxyl groups is 3. The summed E-state index contributed by atoms with van der Waals surface area (Å²) < 4.78 is 0. The molecule has 0 fully saturated rings. The molecule has 0 radical (unpaired) electrons. The Bertz CT molecular complexity index is 453. The highest BCUT2D eigenvalue weighted by atomic mass is 16.6. The van der Waals surface area contributed by atoms with E-state index >= 15 is 0 Å². The summed E-state index contributed by atoms with van der Waals surface area (Å²) in [6.45, 7) is 2.21.